The average molecular weight is 161 g/mol. The highest BCUT2D eigenvalue weighted by atomic mass is 16.5. The second-order valence-corrected chi connectivity index (χ2v) is 2.50. The Morgan fingerprint density at radius 1 is 1.27 bits per heavy atom. The molecule has 0 fully saturated rings. The Hall–Kier alpha value is -0.120. The first kappa shape index (κ1) is 10.9. The van der Waals surface area contributed by atoms with Crippen molar-refractivity contribution in [3.8, 4) is 0 Å². The van der Waals surface area contributed by atoms with E-state index in [0.29, 0.717) is 13.2 Å². The molecule has 0 aromatic heterocycles. The summed E-state index contributed by atoms with van der Waals surface area (Å²) >= 11 is 0. The maximum atomic E-state index is 9.16. The van der Waals surface area contributed by atoms with E-state index in [4.69, 9.17) is 9.94 Å². The highest BCUT2D eigenvalue weighted by Gasteiger charge is 1.97. The Balaban J connectivity index is 3.02. The molecule has 0 spiro atoms. The zero-order valence-electron chi connectivity index (χ0n) is 7.55. The van der Waals surface area contributed by atoms with Gasteiger partial charge in [-0.3, -0.25) is 0 Å². The van der Waals surface area contributed by atoms with Crippen molar-refractivity contribution in [2.45, 2.75) is 26.7 Å². The minimum absolute atomic E-state index is 0.619. The molecule has 1 N–H and O–H groups in total. The van der Waals surface area contributed by atoms with E-state index in [1.54, 1.807) is 0 Å². The summed E-state index contributed by atoms with van der Waals surface area (Å²) in [7, 11) is 0. The van der Waals surface area contributed by atoms with Crippen LogP contribution in [0.15, 0.2) is 0 Å². The predicted molar refractivity (Wildman–Crippen MR) is 44.8 cm³/mol. The van der Waals surface area contributed by atoms with Crippen molar-refractivity contribution >= 4 is 0 Å². The fourth-order valence-electron chi connectivity index (χ4n) is 0.767. The summed E-state index contributed by atoms with van der Waals surface area (Å²) in [5.74, 6) is 0. The fraction of sp³-hybridized carbons (Fsp3) is 1.00. The molecule has 0 saturated carbocycles. The molecule has 0 bridgehead atoms. The van der Waals surface area contributed by atoms with Crippen molar-refractivity contribution in [1.82, 2.24) is 5.06 Å². The molecule has 0 amide bonds. The van der Waals surface area contributed by atoms with E-state index >= 15 is 0 Å². The van der Waals surface area contributed by atoms with E-state index in [-0.39, 0.29) is 0 Å². The molecule has 0 aromatic carbocycles. The first-order valence-electron chi connectivity index (χ1n) is 4.32. The molecule has 0 aliphatic heterocycles. The van der Waals surface area contributed by atoms with Crippen molar-refractivity contribution in [2.75, 3.05) is 26.3 Å². The molecule has 0 aromatic rings. The lowest BCUT2D eigenvalue weighted by molar-refractivity contribution is -0.104. The summed E-state index contributed by atoms with van der Waals surface area (Å²) in [5, 5.41) is 10.5. The van der Waals surface area contributed by atoms with Crippen LogP contribution in [0.3, 0.4) is 0 Å². The lowest BCUT2D eigenvalue weighted by Crippen LogP contribution is -2.24. The van der Waals surface area contributed by atoms with Gasteiger partial charge in [0.15, 0.2) is 0 Å². The van der Waals surface area contributed by atoms with Gasteiger partial charge in [-0.05, 0) is 13.3 Å². The van der Waals surface area contributed by atoms with E-state index in [0.717, 1.165) is 26.0 Å². The van der Waals surface area contributed by atoms with Crippen molar-refractivity contribution in [3.05, 3.63) is 0 Å². The maximum Gasteiger partial charge on any atom is 0.0616 e. The van der Waals surface area contributed by atoms with E-state index in [2.05, 4.69) is 6.92 Å². The van der Waals surface area contributed by atoms with E-state index in [1.807, 2.05) is 6.92 Å². The minimum atomic E-state index is 0.619. The molecule has 0 saturated heterocycles. The molecule has 0 heterocycles. The fourth-order valence-corrected chi connectivity index (χ4v) is 0.767. The summed E-state index contributed by atoms with van der Waals surface area (Å²) in [5.41, 5.74) is 0. The molecule has 0 aliphatic carbocycles. The summed E-state index contributed by atoms with van der Waals surface area (Å²) in [6, 6.07) is 0. The van der Waals surface area contributed by atoms with Gasteiger partial charge in [-0.2, -0.15) is 5.06 Å². The van der Waals surface area contributed by atoms with Gasteiger partial charge in [-0.15, -0.1) is 0 Å². The largest absolute Gasteiger partial charge is 0.380 e. The Bertz CT molecular complexity index is 78.5. The van der Waals surface area contributed by atoms with Crippen LogP contribution >= 0.6 is 0 Å². The normalized spacial score (nSPS) is 10.9. The average Bonchev–Trinajstić information content (AvgIpc) is 2.01. The molecule has 3 nitrogen and oxygen atoms in total. The van der Waals surface area contributed by atoms with Crippen LogP contribution in [-0.4, -0.2) is 36.6 Å². The van der Waals surface area contributed by atoms with Crippen LogP contribution in [0.25, 0.3) is 0 Å². The molecule has 68 valence electrons. The number of ether oxygens (including phenoxy) is 1. The SMILES string of the molecule is CCCCN(O)CCOCC. The van der Waals surface area contributed by atoms with Crippen molar-refractivity contribution in [1.29, 1.82) is 0 Å². The Labute approximate surface area is 68.9 Å². The maximum absolute atomic E-state index is 9.16. The number of hydrogen-bond donors (Lipinski definition) is 1. The van der Waals surface area contributed by atoms with Crippen molar-refractivity contribution in [3.63, 3.8) is 0 Å². The van der Waals surface area contributed by atoms with Gasteiger partial charge in [0.25, 0.3) is 0 Å². The number of hydroxylamine groups is 2. The highest BCUT2D eigenvalue weighted by molar-refractivity contribution is 4.43. The van der Waals surface area contributed by atoms with Crippen LogP contribution < -0.4 is 0 Å². The summed E-state index contributed by atoms with van der Waals surface area (Å²) in [6.07, 6.45) is 2.16. The topological polar surface area (TPSA) is 32.7 Å². The zero-order chi connectivity index (χ0) is 8.53. The third-order valence-corrected chi connectivity index (χ3v) is 1.47. The van der Waals surface area contributed by atoms with Crippen LogP contribution in [0.2, 0.25) is 0 Å². The summed E-state index contributed by atoms with van der Waals surface area (Å²) in [4.78, 5) is 0. The molecule has 3 heteroatoms. The van der Waals surface area contributed by atoms with Crippen molar-refractivity contribution < 1.29 is 9.94 Å². The van der Waals surface area contributed by atoms with Crippen LogP contribution in [-0.2, 0) is 4.74 Å². The van der Waals surface area contributed by atoms with Gasteiger partial charge >= 0.3 is 0 Å². The number of rotatable bonds is 7. The summed E-state index contributed by atoms with van der Waals surface area (Å²) in [6.45, 7) is 6.78. The van der Waals surface area contributed by atoms with Gasteiger partial charge in [-0.25, -0.2) is 0 Å². The third-order valence-electron chi connectivity index (χ3n) is 1.47. The number of hydrogen-bond acceptors (Lipinski definition) is 3. The molecular formula is C8H19NO2. The van der Waals surface area contributed by atoms with Gasteiger partial charge in [-0.1, -0.05) is 13.3 Å². The lowest BCUT2D eigenvalue weighted by Gasteiger charge is -2.13. The minimum Gasteiger partial charge on any atom is -0.380 e. The van der Waals surface area contributed by atoms with Gasteiger partial charge in [0, 0.05) is 19.7 Å². The highest BCUT2D eigenvalue weighted by Crippen LogP contribution is 1.90. The zero-order valence-corrected chi connectivity index (χ0v) is 7.55. The first-order valence-corrected chi connectivity index (χ1v) is 4.32. The first-order chi connectivity index (χ1) is 5.31. The summed E-state index contributed by atoms with van der Waals surface area (Å²) < 4.78 is 5.08. The molecule has 0 aliphatic rings. The molecule has 11 heavy (non-hydrogen) atoms. The van der Waals surface area contributed by atoms with E-state index < -0.39 is 0 Å². The van der Waals surface area contributed by atoms with Crippen LogP contribution in [0.1, 0.15) is 26.7 Å². The molecule has 0 unspecified atom stereocenters. The molecular weight excluding hydrogens is 142 g/mol. The van der Waals surface area contributed by atoms with Gasteiger partial charge in [0.05, 0.1) is 6.61 Å². The second-order valence-electron chi connectivity index (χ2n) is 2.50. The predicted octanol–water partition coefficient (Wildman–Crippen LogP) is 1.51. The van der Waals surface area contributed by atoms with Gasteiger partial charge in [0.2, 0.25) is 0 Å². The second kappa shape index (κ2) is 7.98. The Morgan fingerprint density at radius 3 is 2.55 bits per heavy atom. The van der Waals surface area contributed by atoms with Gasteiger partial charge < -0.3 is 9.94 Å². The Kier molecular flexibility index (Phi) is 7.89. The monoisotopic (exact) mass is 161 g/mol. The van der Waals surface area contributed by atoms with Crippen LogP contribution in [0, 0.1) is 0 Å². The quantitative estimate of drug-likeness (QED) is 0.454. The number of nitrogens with zero attached hydrogens (tertiary/aromatic N) is 1. The molecule has 0 radical (unpaired) electrons. The Morgan fingerprint density at radius 2 is 2.00 bits per heavy atom. The van der Waals surface area contributed by atoms with E-state index in [1.165, 1.54) is 5.06 Å². The smallest absolute Gasteiger partial charge is 0.0616 e. The molecule has 0 rings (SSSR count). The lowest BCUT2D eigenvalue weighted by atomic mass is 10.3. The van der Waals surface area contributed by atoms with E-state index in [9.17, 15) is 0 Å². The van der Waals surface area contributed by atoms with Crippen LogP contribution in [0.4, 0.5) is 0 Å². The van der Waals surface area contributed by atoms with Gasteiger partial charge in [0.1, 0.15) is 0 Å². The third kappa shape index (κ3) is 7.78. The molecule has 0 atom stereocenters. The standard InChI is InChI=1S/C8H19NO2/c1-3-5-6-9(10)7-8-11-4-2/h10H,3-8H2,1-2H3. The van der Waals surface area contributed by atoms with Crippen molar-refractivity contribution in [2.24, 2.45) is 0 Å². The van der Waals surface area contributed by atoms with Crippen LogP contribution in [0.5, 0.6) is 0 Å². The number of unbranched alkanes of at least 4 members (excludes halogenated alkanes) is 1.